The molecular formula is C10H14N2O. The summed E-state index contributed by atoms with van der Waals surface area (Å²) >= 11 is 0. The molecule has 0 amide bonds. The number of nitrogens with two attached hydrogens (primary N) is 1. The molecule has 2 rings (SSSR count). The van der Waals surface area contributed by atoms with E-state index < -0.39 is 5.60 Å². The van der Waals surface area contributed by atoms with Crippen LogP contribution in [0.25, 0.3) is 0 Å². The van der Waals surface area contributed by atoms with Crippen LogP contribution in [0.15, 0.2) is 24.4 Å². The topological polar surface area (TPSA) is 59.1 Å². The molecule has 1 aliphatic carbocycles. The molecule has 1 aliphatic rings. The molecule has 0 aliphatic heterocycles. The fourth-order valence-corrected chi connectivity index (χ4v) is 1.90. The van der Waals surface area contributed by atoms with Crippen molar-refractivity contribution in [2.45, 2.75) is 30.9 Å². The van der Waals surface area contributed by atoms with E-state index in [1.165, 1.54) is 0 Å². The van der Waals surface area contributed by atoms with Gasteiger partial charge in [0.15, 0.2) is 0 Å². The number of pyridine rings is 1. The van der Waals surface area contributed by atoms with E-state index in [1.807, 2.05) is 18.2 Å². The van der Waals surface area contributed by atoms with Crippen LogP contribution in [0.5, 0.6) is 0 Å². The van der Waals surface area contributed by atoms with Crippen molar-refractivity contribution in [1.29, 1.82) is 0 Å². The first kappa shape index (κ1) is 8.66. The Hall–Kier alpha value is -0.930. The van der Waals surface area contributed by atoms with Crippen molar-refractivity contribution in [2.75, 3.05) is 0 Å². The van der Waals surface area contributed by atoms with Gasteiger partial charge in [-0.05, 0) is 25.0 Å². The molecule has 1 fully saturated rings. The Balaban J connectivity index is 1.99. The molecule has 0 radical (unpaired) electrons. The molecule has 1 aromatic heterocycles. The van der Waals surface area contributed by atoms with E-state index in [9.17, 15) is 5.11 Å². The van der Waals surface area contributed by atoms with Crippen molar-refractivity contribution in [2.24, 2.45) is 5.73 Å². The van der Waals surface area contributed by atoms with Crippen LogP contribution in [0.1, 0.15) is 18.5 Å². The average molecular weight is 178 g/mol. The first-order chi connectivity index (χ1) is 6.18. The van der Waals surface area contributed by atoms with Crippen molar-refractivity contribution in [3.8, 4) is 0 Å². The summed E-state index contributed by atoms with van der Waals surface area (Å²) in [6.45, 7) is 0. The Kier molecular flexibility index (Phi) is 2.06. The molecule has 1 saturated carbocycles. The monoisotopic (exact) mass is 178 g/mol. The molecule has 70 valence electrons. The lowest BCUT2D eigenvalue weighted by molar-refractivity contribution is -0.0462. The number of nitrogens with zero attached hydrogens (tertiary/aromatic N) is 1. The van der Waals surface area contributed by atoms with Crippen LogP contribution < -0.4 is 5.73 Å². The van der Waals surface area contributed by atoms with Gasteiger partial charge in [-0.3, -0.25) is 4.98 Å². The largest absolute Gasteiger partial charge is 0.389 e. The van der Waals surface area contributed by atoms with Gasteiger partial charge >= 0.3 is 0 Å². The van der Waals surface area contributed by atoms with Gasteiger partial charge in [0.25, 0.3) is 0 Å². The summed E-state index contributed by atoms with van der Waals surface area (Å²) in [5.41, 5.74) is 5.98. The van der Waals surface area contributed by atoms with Gasteiger partial charge in [-0.1, -0.05) is 6.07 Å². The molecule has 3 N–H and O–H groups in total. The van der Waals surface area contributed by atoms with Gasteiger partial charge in [-0.2, -0.15) is 0 Å². The minimum absolute atomic E-state index is 0.175. The maximum Gasteiger partial charge on any atom is 0.0732 e. The Morgan fingerprint density at radius 2 is 2.31 bits per heavy atom. The number of aromatic nitrogens is 1. The van der Waals surface area contributed by atoms with E-state index >= 15 is 0 Å². The third-order valence-corrected chi connectivity index (χ3v) is 2.52. The second kappa shape index (κ2) is 3.09. The second-order valence-corrected chi connectivity index (χ2v) is 3.89. The Morgan fingerprint density at radius 3 is 2.85 bits per heavy atom. The summed E-state index contributed by atoms with van der Waals surface area (Å²) < 4.78 is 0. The standard InChI is InChI=1S/C10H14N2O/c11-8-5-10(13,6-8)7-9-3-1-2-4-12-9/h1-4,8,13H,5-7,11H2. The summed E-state index contributed by atoms with van der Waals surface area (Å²) in [7, 11) is 0. The summed E-state index contributed by atoms with van der Waals surface area (Å²) in [6.07, 6.45) is 3.77. The average Bonchev–Trinajstić information content (AvgIpc) is 2.03. The van der Waals surface area contributed by atoms with Crippen molar-refractivity contribution in [1.82, 2.24) is 4.98 Å². The van der Waals surface area contributed by atoms with Gasteiger partial charge in [0.1, 0.15) is 0 Å². The highest BCUT2D eigenvalue weighted by atomic mass is 16.3. The van der Waals surface area contributed by atoms with Gasteiger partial charge in [-0.25, -0.2) is 0 Å². The SMILES string of the molecule is NC1CC(O)(Cc2ccccn2)C1. The zero-order valence-corrected chi connectivity index (χ0v) is 7.48. The van der Waals surface area contributed by atoms with Crippen LogP contribution in [-0.2, 0) is 6.42 Å². The molecule has 0 spiro atoms. The molecular weight excluding hydrogens is 164 g/mol. The van der Waals surface area contributed by atoms with E-state index in [0.29, 0.717) is 19.3 Å². The molecule has 1 heterocycles. The van der Waals surface area contributed by atoms with E-state index in [-0.39, 0.29) is 6.04 Å². The maximum absolute atomic E-state index is 9.91. The Labute approximate surface area is 77.6 Å². The van der Waals surface area contributed by atoms with Crippen LogP contribution in [0.2, 0.25) is 0 Å². The predicted molar refractivity (Wildman–Crippen MR) is 50.1 cm³/mol. The van der Waals surface area contributed by atoms with Gasteiger partial charge in [0.2, 0.25) is 0 Å². The molecule has 3 heteroatoms. The summed E-state index contributed by atoms with van der Waals surface area (Å²) in [5.74, 6) is 0. The van der Waals surface area contributed by atoms with Crippen molar-refractivity contribution >= 4 is 0 Å². The van der Waals surface area contributed by atoms with E-state index in [2.05, 4.69) is 4.98 Å². The Bertz CT molecular complexity index is 280. The fraction of sp³-hybridized carbons (Fsp3) is 0.500. The van der Waals surface area contributed by atoms with Crippen LogP contribution in [-0.4, -0.2) is 21.7 Å². The van der Waals surface area contributed by atoms with Gasteiger partial charge < -0.3 is 10.8 Å². The van der Waals surface area contributed by atoms with Gasteiger partial charge in [-0.15, -0.1) is 0 Å². The van der Waals surface area contributed by atoms with E-state index in [1.54, 1.807) is 6.20 Å². The van der Waals surface area contributed by atoms with Crippen molar-refractivity contribution in [3.63, 3.8) is 0 Å². The molecule has 0 aromatic carbocycles. The first-order valence-corrected chi connectivity index (χ1v) is 4.56. The van der Waals surface area contributed by atoms with Gasteiger partial charge in [0, 0.05) is 24.4 Å². The zero-order valence-electron chi connectivity index (χ0n) is 7.48. The first-order valence-electron chi connectivity index (χ1n) is 4.56. The highest BCUT2D eigenvalue weighted by Gasteiger charge is 2.40. The van der Waals surface area contributed by atoms with E-state index in [0.717, 1.165) is 5.69 Å². The molecule has 13 heavy (non-hydrogen) atoms. The van der Waals surface area contributed by atoms with Crippen LogP contribution in [0.3, 0.4) is 0 Å². The molecule has 0 saturated heterocycles. The summed E-state index contributed by atoms with van der Waals surface area (Å²) in [5, 5.41) is 9.91. The smallest absolute Gasteiger partial charge is 0.0732 e. The molecule has 0 bridgehead atoms. The highest BCUT2D eigenvalue weighted by molar-refractivity contribution is 5.10. The minimum atomic E-state index is -0.590. The van der Waals surface area contributed by atoms with Crippen LogP contribution in [0.4, 0.5) is 0 Å². The molecule has 3 nitrogen and oxygen atoms in total. The van der Waals surface area contributed by atoms with Gasteiger partial charge in [0.05, 0.1) is 5.60 Å². The summed E-state index contributed by atoms with van der Waals surface area (Å²) in [4.78, 5) is 4.17. The predicted octanol–water partition coefficient (Wildman–Crippen LogP) is 0.476. The lowest BCUT2D eigenvalue weighted by Gasteiger charge is -2.41. The lowest BCUT2D eigenvalue weighted by Crippen LogP contribution is -2.52. The van der Waals surface area contributed by atoms with E-state index in [4.69, 9.17) is 5.73 Å². The van der Waals surface area contributed by atoms with Crippen molar-refractivity contribution in [3.05, 3.63) is 30.1 Å². The third-order valence-electron chi connectivity index (χ3n) is 2.52. The second-order valence-electron chi connectivity index (χ2n) is 3.89. The lowest BCUT2D eigenvalue weighted by atomic mass is 9.73. The number of hydrogen-bond donors (Lipinski definition) is 2. The number of hydrogen-bond acceptors (Lipinski definition) is 3. The van der Waals surface area contributed by atoms with Crippen molar-refractivity contribution < 1.29 is 5.11 Å². The molecule has 0 atom stereocenters. The summed E-state index contributed by atoms with van der Waals surface area (Å²) in [6, 6.07) is 5.92. The van der Waals surface area contributed by atoms with Crippen LogP contribution in [0, 0.1) is 0 Å². The molecule has 1 aromatic rings. The quantitative estimate of drug-likeness (QED) is 0.692. The zero-order chi connectivity index (χ0) is 9.31. The normalized spacial score (nSPS) is 32.6. The number of aliphatic hydroxyl groups is 1. The maximum atomic E-state index is 9.91. The fourth-order valence-electron chi connectivity index (χ4n) is 1.90. The number of rotatable bonds is 2. The molecule has 0 unspecified atom stereocenters. The third kappa shape index (κ3) is 1.87. The Morgan fingerprint density at radius 1 is 1.54 bits per heavy atom. The highest BCUT2D eigenvalue weighted by Crippen LogP contribution is 2.33. The minimum Gasteiger partial charge on any atom is -0.389 e. The van der Waals surface area contributed by atoms with Crippen LogP contribution >= 0.6 is 0 Å².